The first-order chi connectivity index (χ1) is 15.7. The minimum atomic E-state index is -0.159. The molecule has 4 aromatic rings. The lowest BCUT2D eigenvalue weighted by atomic mass is 10.0. The van der Waals surface area contributed by atoms with Crippen LogP contribution in [0.3, 0.4) is 0 Å². The van der Waals surface area contributed by atoms with E-state index in [9.17, 15) is 4.79 Å². The molecule has 0 bridgehead atoms. The standard InChI is InChI=1S/C28H23N3O/c1-31(25-15-9-4-10-16-25)26-19-17-22(18-20-26)21-29-30-27(23-11-5-2-6-12-23)28(32)24-13-7-3-8-14-24/h2-21H,1H3/b29-21+,30-27+. The molecule has 4 heteroatoms. The number of hydrogen-bond donors (Lipinski definition) is 0. The van der Waals surface area contributed by atoms with Gasteiger partial charge in [-0.3, -0.25) is 4.79 Å². The lowest BCUT2D eigenvalue weighted by Gasteiger charge is -2.19. The number of rotatable bonds is 7. The zero-order valence-corrected chi connectivity index (χ0v) is 17.8. The first kappa shape index (κ1) is 20.9. The maximum absolute atomic E-state index is 13.0. The molecule has 0 amide bonds. The quantitative estimate of drug-likeness (QED) is 0.205. The van der Waals surface area contributed by atoms with E-state index in [1.165, 1.54) is 0 Å². The topological polar surface area (TPSA) is 45.0 Å². The number of hydrogen-bond acceptors (Lipinski definition) is 4. The molecule has 4 nitrogen and oxygen atoms in total. The van der Waals surface area contributed by atoms with Crippen molar-refractivity contribution in [2.45, 2.75) is 0 Å². The van der Waals surface area contributed by atoms with E-state index in [1.807, 2.05) is 98.0 Å². The highest BCUT2D eigenvalue weighted by Crippen LogP contribution is 2.23. The monoisotopic (exact) mass is 417 g/mol. The van der Waals surface area contributed by atoms with Gasteiger partial charge in [-0.25, -0.2) is 0 Å². The number of carbonyl (C=O) groups excluding carboxylic acids is 1. The smallest absolute Gasteiger partial charge is 0.213 e. The molecule has 0 spiro atoms. The molecular formula is C28H23N3O. The van der Waals surface area contributed by atoms with Crippen LogP contribution >= 0.6 is 0 Å². The van der Waals surface area contributed by atoms with Gasteiger partial charge in [-0.2, -0.15) is 5.10 Å². The molecule has 4 rings (SSSR count). The third-order valence-electron chi connectivity index (χ3n) is 5.09. The van der Waals surface area contributed by atoms with E-state index in [4.69, 9.17) is 0 Å². The van der Waals surface area contributed by atoms with E-state index in [0.29, 0.717) is 11.3 Å². The van der Waals surface area contributed by atoms with Crippen LogP contribution in [0.2, 0.25) is 0 Å². The second-order valence-corrected chi connectivity index (χ2v) is 7.24. The Labute approximate surface area is 188 Å². The van der Waals surface area contributed by atoms with E-state index in [-0.39, 0.29) is 5.78 Å². The van der Waals surface area contributed by atoms with Crippen LogP contribution in [0.1, 0.15) is 21.5 Å². The van der Waals surface area contributed by atoms with Crippen LogP contribution in [0.15, 0.2) is 125 Å². The Morgan fingerprint density at radius 3 is 1.75 bits per heavy atom. The molecule has 0 atom stereocenters. The van der Waals surface area contributed by atoms with Crippen molar-refractivity contribution in [3.8, 4) is 0 Å². The first-order valence-corrected chi connectivity index (χ1v) is 10.4. The summed E-state index contributed by atoms with van der Waals surface area (Å²) >= 11 is 0. The molecule has 0 fully saturated rings. The summed E-state index contributed by atoms with van der Waals surface area (Å²) in [6, 6.07) is 36.7. The summed E-state index contributed by atoms with van der Waals surface area (Å²) in [5.41, 5.74) is 4.72. The van der Waals surface area contributed by atoms with E-state index in [1.54, 1.807) is 18.3 Å². The predicted octanol–water partition coefficient (Wildman–Crippen LogP) is 6.16. The number of carbonyl (C=O) groups is 1. The highest BCUT2D eigenvalue weighted by atomic mass is 16.1. The van der Waals surface area contributed by atoms with Gasteiger partial charge in [-0.05, 0) is 29.8 Å². The normalized spacial score (nSPS) is 11.5. The van der Waals surface area contributed by atoms with Gasteiger partial charge in [0.2, 0.25) is 5.78 Å². The van der Waals surface area contributed by atoms with E-state index in [2.05, 4.69) is 27.2 Å². The Bertz CT molecular complexity index is 1220. The molecule has 0 saturated heterocycles. The van der Waals surface area contributed by atoms with Gasteiger partial charge in [-0.15, -0.1) is 5.10 Å². The Balaban J connectivity index is 1.56. The minimum absolute atomic E-state index is 0.159. The Kier molecular flexibility index (Phi) is 6.63. The fraction of sp³-hybridized carbons (Fsp3) is 0.0357. The van der Waals surface area contributed by atoms with Crippen molar-refractivity contribution >= 4 is 29.1 Å². The maximum Gasteiger partial charge on any atom is 0.213 e. The molecule has 0 aliphatic rings. The number of benzene rings is 4. The number of para-hydroxylation sites is 1. The SMILES string of the molecule is CN(c1ccccc1)c1ccc(/C=N/N=C(/C(=O)c2ccccc2)c2ccccc2)cc1. The molecule has 0 saturated carbocycles. The summed E-state index contributed by atoms with van der Waals surface area (Å²) in [7, 11) is 2.03. The lowest BCUT2D eigenvalue weighted by Crippen LogP contribution is -2.15. The summed E-state index contributed by atoms with van der Waals surface area (Å²) in [5, 5.41) is 8.52. The Morgan fingerprint density at radius 2 is 1.16 bits per heavy atom. The van der Waals surface area contributed by atoms with Crippen LogP contribution in [-0.4, -0.2) is 24.8 Å². The molecule has 0 aliphatic carbocycles. The molecule has 4 aromatic carbocycles. The maximum atomic E-state index is 13.0. The molecule has 32 heavy (non-hydrogen) atoms. The van der Waals surface area contributed by atoms with Crippen molar-refractivity contribution in [3.05, 3.63) is 132 Å². The largest absolute Gasteiger partial charge is 0.345 e. The molecule has 0 unspecified atom stereocenters. The number of Topliss-reactive ketones (excluding diaryl/α,β-unsaturated/α-hetero) is 1. The average Bonchev–Trinajstić information content (AvgIpc) is 2.88. The van der Waals surface area contributed by atoms with E-state index >= 15 is 0 Å². The van der Waals surface area contributed by atoms with Gasteiger partial charge in [0.25, 0.3) is 0 Å². The van der Waals surface area contributed by atoms with Crippen molar-refractivity contribution in [1.29, 1.82) is 0 Å². The lowest BCUT2D eigenvalue weighted by molar-refractivity contribution is 0.106. The van der Waals surface area contributed by atoms with Crippen LogP contribution < -0.4 is 4.90 Å². The van der Waals surface area contributed by atoms with E-state index in [0.717, 1.165) is 22.5 Å². The second-order valence-electron chi connectivity index (χ2n) is 7.24. The van der Waals surface area contributed by atoms with Crippen molar-refractivity contribution in [3.63, 3.8) is 0 Å². The molecular weight excluding hydrogens is 394 g/mol. The van der Waals surface area contributed by atoms with Gasteiger partial charge >= 0.3 is 0 Å². The minimum Gasteiger partial charge on any atom is -0.345 e. The number of ketones is 1. The van der Waals surface area contributed by atoms with Crippen LogP contribution in [0.4, 0.5) is 11.4 Å². The summed E-state index contributed by atoms with van der Waals surface area (Å²) in [4.78, 5) is 15.1. The number of nitrogens with zero attached hydrogens (tertiary/aromatic N) is 3. The van der Waals surface area contributed by atoms with Gasteiger partial charge in [0.1, 0.15) is 5.71 Å². The van der Waals surface area contributed by atoms with Crippen LogP contribution in [-0.2, 0) is 0 Å². The fourth-order valence-electron chi connectivity index (χ4n) is 3.29. The van der Waals surface area contributed by atoms with Gasteiger partial charge in [0.15, 0.2) is 0 Å². The molecule has 0 aromatic heterocycles. The zero-order valence-electron chi connectivity index (χ0n) is 17.8. The Morgan fingerprint density at radius 1 is 0.656 bits per heavy atom. The predicted molar refractivity (Wildman–Crippen MR) is 132 cm³/mol. The molecule has 0 N–H and O–H groups in total. The highest BCUT2D eigenvalue weighted by molar-refractivity contribution is 6.51. The summed E-state index contributed by atoms with van der Waals surface area (Å²) in [5.74, 6) is -0.159. The Hall–Kier alpha value is -4.31. The van der Waals surface area contributed by atoms with E-state index < -0.39 is 0 Å². The first-order valence-electron chi connectivity index (χ1n) is 10.4. The molecule has 0 aliphatic heterocycles. The number of anilines is 2. The molecule has 0 heterocycles. The second kappa shape index (κ2) is 10.1. The molecule has 156 valence electrons. The van der Waals surface area contributed by atoms with Crippen molar-refractivity contribution in [1.82, 2.24) is 0 Å². The van der Waals surface area contributed by atoms with Crippen LogP contribution in [0.5, 0.6) is 0 Å². The van der Waals surface area contributed by atoms with Gasteiger partial charge in [0.05, 0.1) is 6.21 Å². The third kappa shape index (κ3) is 5.05. The third-order valence-corrected chi connectivity index (χ3v) is 5.09. The summed E-state index contributed by atoms with van der Waals surface area (Å²) < 4.78 is 0. The van der Waals surface area contributed by atoms with Gasteiger partial charge < -0.3 is 4.90 Å². The highest BCUT2D eigenvalue weighted by Gasteiger charge is 2.16. The van der Waals surface area contributed by atoms with Gasteiger partial charge in [-0.1, -0.05) is 91.0 Å². The van der Waals surface area contributed by atoms with Crippen molar-refractivity contribution in [2.75, 3.05) is 11.9 Å². The van der Waals surface area contributed by atoms with Crippen LogP contribution in [0, 0.1) is 0 Å². The molecule has 0 radical (unpaired) electrons. The van der Waals surface area contributed by atoms with Crippen molar-refractivity contribution < 1.29 is 4.79 Å². The van der Waals surface area contributed by atoms with Gasteiger partial charge in [0, 0.05) is 29.5 Å². The van der Waals surface area contributed by atoms with Crippen LogP contribution in [0.25, 0.3) is 0 Å². The zero-order chi connectivity index (χ0) is 22.2. The fourth-order valence-corrected chi connectivity index (χ4v) is 3.29. The average molecular weight is 418 g/mol. The van der Waals surface area contributed by atoms with Crippen molar-refractivity contribution in [2.24, 2.45) is 10.2 Å². The summed E-state index contributed by atoms with van der Waals surface area (Å²) in [6.45, 7) is 0. The summed E-state index contributed by atoms with van der Waals surface area (Å²) in [6.07, 6.45) is 1.66.